The van der Waals surface area contributed by atoms with Crippen LogP contribution in [0.5, 0.6) is 5.75 Å². The van der Waals surface area contributed by atoms with Crippen LogP contribution in [0.4, 0.5) is 4.79 Å². The van der Waals surface area contributed by atoms with Gasteiger partial charge in [0.05, 0.1) is 19.8 Å². The first-order chi connectivity index (χ1) is 13.0. The van der Waals surface area contributed by atoms with Crippen molar-refractivity contribution in [3.8, 4) is 5.75 Å². The maximum absolute atomic E-state index is 12.0. The van der Waals surface area contributed by atoms with Crippen LogP contribution in [0.2, 0.25) is 0 Å². The summed E-state index contributed by atoms with van der Waals surface area (Å²) in [5, 5.41) is 5.67. The zero-order chi connectivity index (χ0) is 19.2. The molecule has 3 rings (SSSR count). The number of esters is 1. The van der Waals surface area contributed by atoms with Crippen LogP contribution in [-0.2, 0) is 20.7 Å². The fourth-order valence-corrected chi connectivity index (χ4v) is 3.13. The van der Waals surface area contributed by atoms with Crippen molar-refractivity contribution >= 4 is 28.9 Å². The van der Waals surface area contributed by atoms with Gasteiger partial charge in [0, 0.05) is 23.1 Å². The lowest BCUT2D eigenvalue weighted by Crippen LogP contribution is -2.45. The number of carbonyl (C=O) groups excluding carboxylic acids is 3. The Labute approximate surface area is 156 Å². The molecule has 1 aliphatic rings. The highest BCUT2D eigenvalue weighted by molar-refractivity contribution is 5.96. The van der Waals surface area contributed by atoms with Crippen molar-refractivity contribution < 1.29 is 28.3 Å². The minimum Gasteiger partial charge on any atom is -0.497 e. The summed E-state index contributed by atoms with van der Waals surface area (Å²) in [7, 11) is 1.56. The predicted octanol–water partition coefficient (Wildman–Crippen LogP) is 2.30. The summed E-state index contributed by atoms with van der Waals surface area (Å²) in [5.41, 5.74) is 1.25. The highest BCUT2D eigenvalue weighted by Crippen LogP contribution is 2.26. The van der Waals surface area contributed by atoms with E-state index in [4.69, 9.17) is 13.9 Å². The summed E-state index contributed by atoms with van der Waals surface area (Å²) in [6, 6.07) is 4.83. The number of rotatable bonds is 6. The summed E-state index contributed by atoms with van der Waals surface area (Å²) < 4.78 is 15.5. The van der Waals surface area contributed by atoms with E-state index in [1.807, 2.05) is 0 Å². The maximum Gasteiger partial charge on any atom is 0.321 e. The summed E-state index contributed by atoms with van der Waals surface area (Å²) in [6.07, 6.45) is 5.42. The average Bonchev–Trinajstić information content (AvgIpc) is 3.29. The molecule has 27 heavy (non-hydrogen) atoms. The van der Waals surface area contributed by atoms with Crippen LogP contribution in [0.15, 0.2) is 28.9 Å². The Morgan fingerprint density at radius 2 is 2.00 bits per heavy atom. The SMILES string of the molecule is COc1ccc2c(CC(=O)OCC(=O)NC(=O)NC3CCCC3)coc2c1. The minimum absolute atomic E-state index is 0.0408. The molecule has 0 radical (unpaired) electrons. The van der Waals surface area contributed by atoms with Gasteiger partial charge < -0.3 is 19.2 Å². The molecular formula is C19H22N2O6. The van der Waals surface area contributed by atoms with Gasteiger partial charge in [0.1, 0.15) is 11.3 Å². The molecule has 1 aliphatic carbocycles. The van der Waals surface area contributed by atoms with Crippen molar-refractivity contribution in [3.05, 3.63) is 30.0 Å². The van der Waals surface area contributed by atoms with Gasteiger partial charge in [0.2, 0.25) is 0 Å². The molecule has 2 aromatic rings. The minimum atomic E-state index is -0.666. The van der Waals surface area contributed by atoms with Crippen LogP contribution >= 0.6 is 0 Å². The zero-order valence-electron chi connectivity index (χ0n) is 15.1. The quantitative estimate of drug-likeness (QED) is 0.752. The van der Waals surface area contributed by atoms with Crippen LogP contribution in [-0.4, -0.2) is 37.7 Å². The second-order valence-corrected chi connectivity index (χ2v) is 6.46. The molecule has 8 nitrogen and oxygen atoms in total. The lowest BCUT2D eigenvalue weighted by atomic mass is 10.1. The highest BCUT2D eigenvalue weighted by Gasteiger charge is 2.19. The van der Waals surface area contributed by atoms with Gasteiger partial charge in [-0.1, -0.05) is 12.8 Å². The number of hydrogen-bond acceptors (Lipinski definition) is 6. The number of nitrogens with one attached hydrogen (secondary N) is 2. The Balaban J connectivity index is 1.45. The van der Waals surface area contributed by atoms with Gasteiger partial charge >= 0.3 is 12.0 Å². The molecule has 0 atom stereocenters. The molecule has 1 fully saturated rings. The number of furan rings is 1. The van der Waals surface area contributed by atoms with Crippen molar-refractivity contribution in [2.45, 2.75) is 38.1 Å². The summed E-state index contributed by atoms with van der Waals surface area (Å²) in [6.45, 7) is -0.513. The normalized spacial score (nSPS) is 14.1. The van der Waals surface area contributed by atoms with Gasteiger partial charge in [-0.25, -0.2) is 4.79 Å². The molecule has 1 saturated carbocycles. The second-order valence-electron chi connectivity index (χ2n) is 6.46. The average molecular weight is 374 g/mol. The molecule has 0 aliphatic heterocycles. The molecule has 2 N–H and O–H groups in total. The van der Waals surface area contributed by atoms with E-state index in [-0.39, 0.29) is 12.5 Å². The number of fused-ring (bicyclic) bond motifs is 1. The fraction of sp³-hybridized carbons (Fsp3) is 0.421. The molecular weight excluding hydrogens is 352 g/mol. The summed E-state index contributed by atoms with van der Waals surface area (Å²) >= 11 is 0. The first-order valence-corrected chi connectivity index (χ1v) is 8.85. The van der Waals surface area contributed by atoms with E-state index in [1.165, 1.54) is 6.26 Å². The van der Waals surface area contributed by atoms with E-state index in [0.717, 1.165) is 31.1 Å². The number of amides is 3. The number of imide groups is 1. The second kappa shape index (κ2) is 8.57. The summed E-state index contributed by atoms with van der Waals surface area (Å²) in [4.78, 5) is 35.4. The molecule has 0 spiro atoms. The molecule has 1 aromatic carbocycles. The first kappa shape index (κ1) is 18.8. The Hall–Kier alpha value is -3.03. The molecule has 144 valence electrons. The van der Waals surface area contributed by atoms with Crippen LogP contribution in [0.3, 0.4) is 0 Å². The fourth-order valence-electron chi connectivity index (χ4n) is 3.13. The Kier molecular flexibility index (Phi) is 5.95. The lowest BCUT2D eigenvalue weighted by Gasteiger charge is -2.12. The van der Waals surface area contributed by atoms with Gasteiger partial charge in [-0.05, 0) is 25.0 Å². The Morgan fingerprint density at radius 1 is 1.22 bits per heavy atom. The number of urea groups is 1. The van der Waals surface area contributed by atoms with Crippen LogP contribution < -0.4 is 15.4 Å². The van der Waals surface area contributed by atoms with Gasteiger partial charge in [0.15, 0.2) is 6.61 Å². The third-order valence-corrected chi connectivity index (χ3v) is 4.51. The van der Waals surface area contributed by atoms with Crippen molar-refractivity contribution in [2.24, 2.45) is 0 Å². The highest BCUT2D eigenvalue weighted by atomic mass is 16.5. The lowest BCUT2D eigenvalue weighted by molar-refractivity contribution is -0.147. The van der Waals surface area contributed by atoms with Crippen molar-refractivity contribution in [1.29, 1.82) is 0 Å². The number of hydrogen-bond donors (Lipinski definition) is 2. The van der Waals surface area contributed by atoms with E-state index in [0.29, 0.717) is 16.9 Å². The number of ether oxygens (including phenoxy) is 2. The third kappa shape index (κ3) is 4.99. The van der Waals surface area contributed by atoms with E-state index in [9.17, 15) is 14.4 Å². The smallest absolute Gasteiger partial charge is 0.321 e. The molecule has 0 bridgehead atoms. The molecule has 1 heterocycles. The summed E-state index contributed by atoms with van der Waals surface area (Å²) in [5.74, 6) is -0.598. The van der Waals surface area contributed by atoms with E-state index in [1.54, 1.807) is 25.3 Å². The predicted molar refractivity (Wildman–Crippen MR) is 96.4 cm³/mol. The number of carbonyl (C=O) groups is 3. The van der Waals surface area contributed by atoms with Gasteiger partial charge in [-0.15, -0.1) is 0 Å². The van der Waals surface area contributed by atoms with E-state index < -0.39 is 24.5 Å². The number of benzene rings is 1. The largest absolute Gasteiger partial charge is 0.497 e. The van der Waals surface area contributed by atoms with Gasteiger partial charge in [-0.2, -0.15) is 0 Å². The van der Waals surface area contributed by atoms with E-state index in [2.05, 4.69) is 10.6 Å². The zero-order valence-corrected chi connectivity index (χ0v) is 15.1. The van der Waals surface area contributed by atoms with Crippen LogP contribution in [0.25, 0.3) is 11.0 Å². The van der Waals surface area contributed by atoms with Crippen molar-refractivity contribution in [3.63, 3.8) is 0 Å². The van der Waals surface area contributed by atoms with Crippen molar-refractivity contribution in [1.82, 2.24) is 10.6 Å². The van der Waals surface area contributed by atoms with Crippen LogP contribution in [0.1, 0.15) is 31.2 Å². The molecule has 1 aromatic heterocycles. The molecule has 0 saturated heterocycles. The Bertz CT molecular complexity index is 838. The Morgan fingerprint density at radius 3 is 2.74 bits per heavy atom. The maximum atomic E-state index is 12.0. The standard InChI is InChI=1S/C19H22N2O6/c1-25-14-6-7-15-12(10-26-16(15)9-14)8-18(23)27-11-17(22)21-19(24)20-13-4-2-3-5-13/h6-7,9-10,13H,2-5,8,11H2,1H3,(H2,20,21,22,24). The first-order valence-electron chi connectivity index (χ1n) is 8.85. The molecule has 3 amide bonds. The third-order valence-electron chi connectivity index (χ3n) is 4.51. The van der Waals surface area contributed by atoms with Crippen molar-refractivity contribution in [2.75, 3.05) is 13.7 Å². The number of methoxy groups -OCH3 is 1. The monoisotopic (exact) mass is 374 g/mol. The molecule has 8 heteroatoms. The van der Waals surface area contributed by atoms with E-state index >= 15 is 0 Å². The topological polar surface area (TPSA) is 107 Å². The molecule has 0 unspecified atom stereocenters. The van der Waals surface area contributed by atoms with Crippen LogP contribution in [0, 0.1) is 0 Å². The van der Waals surface area contributed by atoms with Gasteiger partial charge in [-0.3, -0.25) is 14.9 Å². The van der Waals surface area contributed by atoms with Gasteiger partial charge in [0.25, 0.3) is 5.91 Å².